The first-order valence-corrected chi connectivity index (χ1v) is 30.0. The van der Waals surface area contributed by atoms with Gasteiger partial charge in [0.05, 0.1) is 17.1 Å². The molecule has 5 heterocycles. The third-order valence-electron chi connectivity index (χ3n) is 17.0. The molecule has 4 aliphatic rings. The maximum absolute atomic E-state index is 15.2. The molecule has 440 valence electrons. The number of amides is 8. The highest BCUT2D eigenvalue weighted by molar-refractivity contribution is 7.70. The minimum atomic E-state index is -5.13. The van der Waals surface area contributed by atoms with Crippen LogP contribution in [0.25, 0.3) is 21.9 Å². The normalized spacial score (nSPS) is 21.5. The maximum Gasteiger partial charge on any atom is 0.396 e. The lowest BCUT2D eigenvalue weighted by molar-refractivity contribution is -0.146. The van der Waals surface area contributed by atoms with Gasteiger partial charge in [-0.3, -0.25) is 62.2 Å². The molecule has 8 amide bonds. The molecule has 9 N–H and O–H groups in total. The third-order valence-corrected chi connectivity index (χ3v) is 17.8. The first-order chi connectivity index (χ1) is 40.2. The van der Waals surface area contributed by atoms with E-state index in [9.17, 15) is 57.5 Å². The summed E-state index contributed by atoms with van der Waals surface area (Å²) in [6, 6.07) is 23.7. The number of nitrogens with two attached hydrogens (primary N) is 1. The molecule has 1 unspecified atom stereocenters. The molecule has 23 nitrogen and oxygen atoms in total. The van der Waals surface area contributed by atoms with Gasteiger partial charge in [-0.15, -0.1) is 0 Å². The molecule has 1 saturated carbocycles. The van der Waals surface area contributed by atoms with Crippen molar-refractivity contribution >= 4 is 82.3 Å². The summed E-state index contributed by atoms with van der Waals surface area (Å²) in [4.78, 5) is 161. The Bertz CT molecular complexity index is 3640. The lowest BCUT2D eigenvalue weighted by Crippen LogP contribution is -2.62. The fraction of sp³-hybridized carbons (Fsp3) is 0.400. The Kier molecular flexibility index (Phi) is 17.3. The Labute approximate surface area is 482 Å². The number of hydrogen-bond acceptors (Lipinski definition) is 11. The van der Waals surface area contributed by atoms with E-state index in [1.54, 1.807) is 11.9 Å². The Morgan fingerprint density at radius 3 is 2.13 bits per heavy atom. The van der Waals surface area contributed by atoms with Gasteiger partial charge >= 0.3 is 13.3 Å². The standard InChI is InChI=1S/C60H67N10O13P/c1-67-49-29-36(16-21-46(49)70(60(67)80)48-23-25-51(72)65-57(48)77)28-34-12-14-35(15-13-34)30-52(73)68-27-26-41-18-22-47(56(76)63-43(20-24-50(61)71)54(74)66-53(37-8-4-2-5-9-37)38-10-6-3-7-11-38)69(41)58(78)45(33-68)64-55(75)44-32-40-31-39(17-19-42(40)62-44)59(79)84(81,82)83/h2-11,16-17,19,21,29,31-32,34-35,41,43,45,47-48,53,62H,12-15,18,20,22-28,30,33H2,1H3,(H2,61,71)(H,63,76)(H,64,75)(H,66,74)(H,65,72,77)(H2,81,82,83)/t34?,35?,41-,43+,45+,47+,48?/m1/s1. The SMILES string of the molecule is Cn1c(=O)n(C2CCC(=O)NC2=O)c2ccc(CC3CCC(CC(=O)N4CC[C@H]5CC[C@@H](C(=O)N[C@@H](CCC(N)=O)C(=O)NC(c6ccccc6)c6ccccc6)N5C(=O)[C@@H](NC(=O)c5cc6cc(C(=O)P(=O)(O)O)ccc6[nH]5)C4)CC3)cc21. The van der Waals surface area contributed by atoms with Crippen LogP contribution in [0.5, 0.6) is 0 Å². The monoisotopic (exact) mass is 1170 g/mol. The largest absolute Gasteiger partial charge is 0.396 e. The van der Waals surface area contributed by atoms with Crippen LogP contribution in [0.15, 0.2) is 108 Å². The first-order valence-electron chi connectivity index (χ1n) is 28.4. The van der Waals surface area contributed by atoms with Crippen molar-refractivity contribution in [2.24, 2.45) is 24.6 Å². The van der Waals surface area contributed by atoms with Crippen LogP contribution in [0.2, 0.25) is 0 Å². The van der Waals surface area contributed by atoms with Gasteiger partial charge in [0.25, 0.3) is 11.4 Å². The van der Waals surface area contributed by atoms with Gasteiger partial charge in [0.1, 0.15) is 29.9 Å². The zero-order chi connectivity index (χ0) is 59.6. The minimum Gasteiger partial charge on any atom is -0.370 e. The third kappa shape index (κ3) is 12.8. The molecule has 2 aromatic heterocycles. The minimum absolute atomic E-state index is 0.0221. The molecule has 3 saturated heterocycles. The zero-order valence-corrected chi connectivity index (χ0v) is 47.1. The van der Waals surface area contributed by atoms with Crippen molar-refractivity contribution in [2.45, 2.75) is 120 Å². The summed E-state index contributed by atoms with van der Waals surface area (Å²) in [5.41, 5.74) is 7.66. The number of primary amides is 1. The van der Waals surface area contributed by atoms with Crippen molar-refractivity contribution in [3.05, 3.63) is 142 Å². The lowest BCUT2D eigenvalue weighted by Gasteiger charge is -2.39. The molecule has 6 aromatic rings. The van der Waals surface area contributed by atoms with Gasteiger partial charge in [0.15, 0.2) is 0 Å². The number of benzene rings is 4. The molecule has 3 aliphatic heterocycles. The Morgan fingerprint density at radius 2 is 1.46 bits per heavy atom. The number of aryl methyl sites for hydroxylation is 1. The average molecular weight is 1170 g/mol. The van der Waals surface area contributed by atoms with E-state index in [4.69, 9.17) is 5.73 Å². The number of carbonyl (C=O) groups is 9. The number of H-pyrrole nitrogens is 1. The van der Waals surface area contributed by atoms with Crippen LogP contribution in [0, 0.1) is 11.8 Å². The molecule has 0 radical (unpaired) electrons. The number of carbonyl (C=O) groups excluding carboxylic acids is 9. The summed E-state index contributed by atoms with van der Waals surface area (Å²) in [5, 5.41) is 11.3. The van der Waals surface area contributed by atoms with Crippen molar-refractivity contribution in [3.8, 4) is 0 Å². The Hall–Kier alpha value is -8.53. The number of nitrogens with one attached hydrogen (secondary N) is 5. The van der Waals surface area contributed by atoms with Crippen LogP contribution in [0.3, 0.4) is 0 Å². The molecule has 84 heavy (non-hydrogen) atoms. The van der Waals surface area contributed by atoms with Crippen LogP contribution in [-0.4, -0.2) is 124 Å². The zero-order valence-electron chi connectivity index (χ0n) is 46.2. The number of aromatic nitrogens is 3. The van der Waals surface area contributed by atoms with E-state index in [-0.39, 0.29) is 97.6 Å². The van der Waals surface area contributed by atoms with Crippen molar-refractivity contribution in [1.82, 2.24) is 45.2 Å². The van der Waals surface area contributed by atoms with Crippen LogP contribution in [0.1, 0.15) is 127 Å². The van der Waals surface area contributed by atoms with E-state index >= 15 is 4.79 Å². The molecule has 0 spiro atoms. The summed E-state index contributed by atoms with van der Waals surface area (Å²) in [7, 11) is -3.47. The van der Waals surface area contributed by atoms with Gasteiger partial charge < -0.3 is 46.3 Å². The van der Waals surface area contributed by atoms with Crippen molar-refractivity contribution in [3.63, 3.8) is 0 Å². The van der Waals surface area contributed by atoms with Gasteiger partial charge in [-0.1, -0.05) is 66.7 Å². The summed E-state index contributed by atoms with van der Waals surface area (Å²) in [5.74, 6) is -4.13. The van der Waals surface area contributed by atoms with Gasteiger partial charge in [0.2, 0.25) is 41.4 Å². The second-order valence-corrected chi connectivity index (χ2v) is 24.1. The van der Waals surface area contributed by atoms with E-state index < -0.39 is 84.8 Å². The average Bonchev–Trinajstić information content (AvgIpc) is 3.38. The van der Waals surface area contributed by atoms with E-state index in [0.29, 0.717) is 29.4 Å². The van der Waals surface area contributed by atoms with E-state index in [2.05, 4.69) is 26.3 Å². The molecule has 4 fully saturated rings. The summed E-state index contributed by atoms with van der Waals surface area (Å²) >= 11 is 0. The molecular weight excluding hydrogens is 1100 g/mol. The highest BCUT2D eigenvalue weighted by atomic mass is 31.2. The van der Waals surface area contributed by atoms with E-state index in [1.807, 2.05) is 78.9 Å². The van der Waals surface area contributed by atoms with E-state index in [1.165, 1.54) is 38.3 Å². The Balaban J connectivity index is 0.845. The van der Waals surface area contributed by atoms with Crippen molar-refractivity contribution < 1.29 is 57.5 Å². The lowest BCUT2D eigenvalue weighted by atomic mass is 9.78. The smallest absolute Gasteiger partial charge is 0.370 e. The second kappa shape index (κ2) is 24.7. The number of fused-ring (bicyclic) bond motifs is 3. The number of imide groups is 1. The van der Waals surface area contributed by atoms with Crippen LogP contribution in [0.4, 0.5) is 0 Å². The molecule has 24 heteroatoms. The maximum atomic E-state index is 15.2. The van der Waals surface area contributed by atoms with Gasteiger partial charge in [-0.05, 0) is 129 Å². The number of aromatic amines is 1. The second-order valence-electron chi connectivity index (χ2n) is 22.6. The first kappa shape index (κ1) is 58.7. The molecule has 1 aliphatic carbocycles. The quantitative estimate of drug-likeness (QED) is 0.0448. The van der Waals surface area contributed by atoms with Gasteiger partial charge in [0, 0.05) is 61.9 Å². The number of nitrogens with zero attached hydrogens (tertiary/aromatic N) is 4. The fourth-order valence-corrected chi connectivity index (χ4v) is 13.1. The van der Waals surface area contributed by atoms with Gasteiger partial charge in [-0.2, -0.15) is 0 Å². The number of rotatable bonds is 18. The molecule has 4 aromatic carbocycles. The fourth-order valence-electron chi connectivity index (χ4n) is 12.6. The van der Waals surface area contributed by atoms with Crippen LogP contribution >= 0.6 is 7.60 Å². The molecule has 0 bridgehead atoms. The highest BCUT2D eigenvalue weighted by Crippen LogP contribution is 2.40. The number of piperidine rings is 1. The highest BCUT2D eigenvalue weighted by Gasteiger charge is 2.46. The predicted octanol–water partition coefficient (Wildman–Crippen LogP) is 3.90. The Morgan fingerprint density at radius 1 is 0.774 bits per heavy atom. The van der Waals surface area contributed by atoms with Crippen LogP contribution < -0.4 is 32.7 Å². The van der Waals surface area contributed by atoms with Gasteiger partial charge in [-0.25, -0.2) is 4.79 Å². The van der Waals surface area contributed by atoms with Crippen molar-refractivity contribution in [2.75, 3.05) is 13.1 Å². The topological polar surface area (TPSA) is 335 Å². The van der Waals surface area contributed by atoms with E-state index in [0.717, 1.165) is 48.8 Å². The van der Waals surface area contributed by atoms with Crippen LogP contribution in [-0.2, 0) is 51.6 Å². The van der Waals surface area contributed by atoms with Crippen molar-refractivity contribution in [1.29, 1.82) is 0 Å². The molecular formula is C60H67N10O13P. The summed E-state index contributed by atoms with van der Waals surface area (Å²) in [6.07, 6.45) is 4.91. The number of hydrogen-bond donors (Lipinski definition) is 8. The number of imidazole rings is 1. The summed E-state index contributed by atoms with van der Waals surface area (Å²) < 4.78 is 14.8. The predicted molar refractivity (Wildman–Crippen MR) is 306 cm³/mol. The molecule has 10 rings (SSSR count). The summed E-state index contributed by atoms with van der Waals surface area (Å²) in [6.45, 7) is -0.0654. The molecule has 5 atom stereocenters.